The fourth-order valence-corrected chi connectivity index (χ4v) is 2.82. The molecule has 1 atom stereocenters. The van der Waals surface area contributed by atoms with Crippen LogP contribution in [-0.2, 0) is 6.54 Å². The molecule has 18 heavy (non-hydrogen) atoms. The SMILES string of the molecule is CCCC(CCO)c1ccc(Br)cc1CN(C)C. The molecule has 1 rings (SSSR count). The fraction of sp³-hybridized carbons (Fsp3) is 0.600. The van der Waals surface area contributed by atoms with Crippen molar-refractivity contribution in [1.29, 1.82) is 0 Å². The van der Waals surface area contributed by atoms with E-state index >= 15 is 0 Å². The van der Waals surface area contributed by atoms with Crippen LogP contribution >= 0.6 is 15.9 Å². The number of benzene rings is 1. The first kappa shape index (κ1) is 15.7. The van der Waals surface area contributed by atoms with Gasteiger partial charge in [-0.25, -0.2) is 0 Å². The maximum absolute atomic E-state index is 9.23. The molecule has 0 bridgehead atoms. The Bertz CT molecular complexity index is 360. The number of hydrogen-bond donors (Lipinski definition) is 1. The highest BCUT2D eigenvalue weighted by atomic mass is 79.9. The van der Waals surface area contributed by atoms with Crippen LogP contribution in [0, 0.1) is 0 Å². The van der Waals surface area contributed by atoms with Crippen molar-refractivity contribution in [2.45, 2.75) is 38.6 Å². The summed E-state index contributed by atoms with van der Waals surface area (Å²) in [5, 5.41) is 9.23. The summed E-state index contributed by atoms with van der Waals surface area (Å²) in [5.41, 5.74) is 2.75. The molecule has 1 N–H and O–H groups in total. The summed E-state index contributed by atoms with van der Waals surface area (Å²) in [4.78, 5) is 2.19. The van der Waals surface area contributed by atoms with Crippen molar-refractivity contribution < 1.29 is 5.11 Å². The van der Waals surface area contributed by atoms with Gasteiger partial charge in [0.25, 0.3) is 0 Å². The maximum Gasteiger partial charge on any atom is 0.0436 e. The first-order chi connectivity index (χ1) is 8.58. The van der Waals surface area contributed by atoms with Crippen LogP contribution in [0.5, 0.6) is 0 Å². The van der Waals surface area contributed by atoms with Gasteiger partial charge in [0, 0.05) is 17.6 Å². The number of aliphatic hydroxyl groups is 1. The topological polar surface area (TPSA) is 23.5 Å². The highest BCUT2D eigenvalue weighted by molar-refractivity contribution is 9.10. The van der Waals surface area contributed by atoms with Gasteiger partial charge < -0.3 is 10.0 Å². The van der Waals surface area contributed by atoms with Crippen LogP contribution in [-0.4, -0.2) is 30.7 Å². The summed E-state index contributed by atoms with van der Waals surface area (Å²) >= 11 is 3.55. The van der Waals surface area contributed by atoms with Crippen molar-refractivity contribution in [3.63, 3.8) is 0 Å². The van der Waals surface area contributed by atoms with Gasteiger partial charge in [0.1, 0.15) is 0 Å². The van der Waals surface area contributed by atoms with Crippen LogP contribution in [0.25, 0.3) is 0 Å². The van der Waals surface area contributed by atoms with Gasteiger partial charge in [-0.3, -0.25) is 0 Å². The van der Waals surface area contributed by atoms with Gasteiger partial charge in [-0.05, 0) is 56.1 Å². The Morgan fingerprint density at radius 1 is 1.28 bits per heavy atom. The van der Waals surface area contributed by atoms with E-state index in [2.05, 4.69) is 60.0 Å². The van der Waals surface area contributed by atoms with Crippen LogP contribution in [0.3, 0.4) is 0 Å². The molecular formula is C15H24BrNO. The maximum atomic E-state index is 9.23. The number of aliphatic hydroxyl groups excluding tert-OH is 1. The summed E-state index contributed by atoms with van der Waals surface area (Å²) in [6, 6.07) is 6.52. The number of rotatable bonds is 7. The Hall–Kier alpha value is -0.380. The van der Waals surface area contributed by atoms with Gasteiger partial charge in [0.05, 0.1) is 0 Å². The Morgan fingerprint density at radius 2 is 2.00 bits per heavy atom. The van der Waals surface area contributed by atoms with Gasteiger partial charge in [-0.2, -0.15) is 0 Å². The molecule has 102 valence electrons. The fourth-order valence-electron chi connectivity index (χ4n) is 2.41. The average Bonchev–Trinajstić information content (AvgIpc) is 2.28. The summed E-state index contributed by atoms with van der Waals surface area (Å²) < 4.78 is 1.13. The third-order valence-corrected chi connectivity index (χ3v) is 3.64. The van der Waals surface area contributed by atoms with Crippen LogP contribution in [0.1, 0.15) is 43.2 Å². The van der Waals surface area contributed by atoms with Crippen molar-refractivity contribution >= 4 is 15.9 Å². The largest absolute Gasteiger partial charge is 0.396 e. The summed E-state index contributed by atoms with van der Waals surface area (Å²) in [5.74, 6) is 0.475. The van der Waals surface area contributed by atoms with E-state index in [1.807, 2.05) is 0 Å². The minimum absolute atomic E-state index is 0.266. The van der Waals surface area contributed by atoms with E-state index in [9.17, 15) is 5.11 Å². The normalized spacial score (nSPS) is 13.0. The first-order valence-corrected chi connectivity index (χ1v) is 7.41. The van der Waals surface area contributed by atoms with Crippen molar-refractivity contribution in [2.24, 2.45) is 0 Å². The molecule has 1 aromatic carbocycles. The van der Waals surface area contributed by atoms with E-state index in [1.165, 1.54) is 11.1 Å². The zero-order chi connectivity index (χ0) is 13.5. The second-order valence-corrected chi connectivity index (χ2v) is 5.99. The van der Waals surface area contributed by atoms with E-state index in [4.69, 9.17) is 0 Å². The molecule has 0 aliphatic carbocycles. The lowest BCUT2D eigenvalue weighted by atomic mass is 9.88. The van der Waals surface area contributed by atoms with Crippen LogP contribution in [0.15, 0.2) is 22.7 Å². The standard InChI is InChI=1S/C15H24BrNO/c1-4-5-12(8-9-18)15-7-6-14(16)10-13(15)11-17(2)3/h6-7,10,12,18H,4-5,8-9,11H2,1-3H3. The Labute approximate surface area is 119 Å². The zero-order valence-electron chi connectivity index (χ0n) is 11.6. The zero-order valence-corrected chi connectivity index (χ0v) is 13.2. The quantitative estimate of drug-likeness (QED) is 0.828. The number of nitrogens with zero attached hydrogens (tertiary/aromatic N) is 1. The molecule has 2 nitrogen and oxygen atoms in total. The molecule has 0 saturated carbocycles. The summed E-state index contributed by atoms with van der Waals surface area (Å²) in [6.07, 6.45) is 3.15. The van der Waals surface area contributed by atoms with Crippen molar-refractivity contribution in [1.82, 2.24) is 4.90 Å². The minimum atomic E-state index is 0.266. The molecule has 1 aromatic rings. The molecule has 0 radical (unpaired) electrons. The van der Waals surface area contributed by atoms with E-state index in [0.29, 0.717) is 5.92 Å². The van der Waals surface area contributed by atoms with Gasteiger partial charge in [0.2, 0.25) is 0 Å². The lowest BCUT2D eigenvalue weighted by Crippen LogP contribution is -2.14. The molecule has 0 aliphatic heterocycles. The Kier molecular flexibility index (Phi) is 6.90. The smallest absolute Gasteiger partial charge is 0.0436 e. The lowest BCUT2D eigenvalue weighted by Gasteiger charge is -2.21. The van der Waals surface area contributed by atoms with Crippen molar-refractivity contribution in [2.75, 3.05) is 20.7 Å². The third-order valence-electron chi connectivity index (χ3n) is 3.15. The van der Waals surface area contributed by atoms with Crippen molar-refractivity contribution in [3.05, 3.63) is 33.8 Å². The molecule has 0 saturated heterocycles. The summed E-state index contributed by atoms with van der Waals surface area (Å²) in [6.45, 7) is 3.41. The number of hydrogen-bond acceptors (Lipinski definition) is 2. The van der Waals surface area contributed by atoms with Crippen LogP contribution in [0.4, 0.5) is 0 Å². The predicted molar refractivity (Wildman–Crippen MR) is 80.9 cm³/mol. The van der Waals surface area contributed by atoms with E-state index in [1.54, 1.807) is 0 Å². The third kappa shape index (κ3) is 4.71. The molecule has 0 heterocycles. The molecule has 0 amide bonds. The van der Waals surface area contributed by atoms with Gasteiger partial charge in [-0.15, -0.1) is 0 Å². The van der Waals surface area contributed by atoms with Gasteiger partial charge in [0.15, 0.2) is 0 Å². The lowest BCUT2D eigenvalue weighted by molar-refractivity contribution is 0.271. The van der Waals surface area contributed by atoms with Crippen molar-refractivity contribution in [3.8, 4) is 0 Å². The molecular weight excluding hydrogens is 290 g/mol. The van der Waals surface area contributed by atoms with E-state index < -0.39 is 0 Å². The Balaban J connectivity index is 3.02. The number of halogens is 1. The van der Waals surface area contributed by atoms with Crippen LogP contribution in [0.2, 0.25) is 0 Å². The second kappa shape index (κ2) is 7.93. The monoisotopic (exact) mass is 313 g/mol. The highest BCUT2D eigenvalue weighted by Gasteiger charge is 2.15. The van der Waals surface area contributed by atoms with Gasteiger partial charge >= 0.3 is 0 Å². The summed E-state index contributed by atoms with van der Waals surface area (Å²) in [7, 11) is 4.18. The molecule has 0 aromatic heterocycles. The average molecular weight is 314 g/mol. The first-order valence-electron chi connectivity index (χ1n) is 6.62. The second-order valence-electron chi connectivity index (χ2n) is 5.08. The van der Waals surface area contributed by atoms with Gasteiger partial charge in [-0.1, -0.05) is 35.3 Å². The Morgan fingerprint density at radius 3 is 2.56 bits per heavy atom. The molecule has 1 unspecified atom stereocenters. The highest BCUT2D eigenvalue weighted by Crippen LogP contribution is 2.30. The molecule has 3 heteroatoms. The molecule has 0 fully saturated rings. The van der Waals surface area contributed by atoms with Crippen LogP contribution < -0.4 is 0 Å². The molecule has 0 spiro atoms. The predicted octanol–water partition coefficient (Wildman–Crippen LogP) is 3.78. The van der Waals surface area contributed by atoms with E-state index in [-0.39, 0.29) is 6.61 Å². The van der Waals surface area contributed by atoms with E-state index in [0.717, 1.165) is 30.3 Å². The minimum Gasteiger partial charge on any atom is -0.396 e. The molecule has 0 aliphatic rings.